The highest BCUT2D eigenvalue weighted by Crippen LogP contribution is 2.21. The molecule has 0 aromatic heterocycles. The molecule has 2 unspecified atom stereocenters. The summed E-state index contributed by atoms with van der Waals surface area (Å²) < 4.78 is 0. The van der Waals surface area contributed by atoms with Crippen molar-refractivity contribution in [3.05, 3.63) is 48.2 Å². The Morgan fingerprint density at radius 2 is 2.16 bits per heavy atom. The molecule has 0 spiro atoms. The SMILES string of the molecule is N#CC1CNN2C=CC(CCc3ccccc3)=NC12. The first kappa shape index (κ1) is 11.9. The highest BCUT2D eigenvalue weighted by molar-refractivity contribution is 5.95. The standard InChI is InChI=1S/C15H16N4/c16-10-13-11-17-19-9-8-14(18-15(13)19)7-6-12-4-2-1-3-5-12/h1-5,8-9,13,15,17H,6-7,11H2. The minimum Gasteiger partial charge on any atom is -0.290 e. The summed E-state index contributed by atoms with van der Waals surface area (Å²) in [5, 5.41) is 11.0. The van der Waals surface area contributed by atoms with Crippen molar-refractivity contribution in [2.45, 2.75) is 19.0 Å². The van der Waals surface area contributed by atoms with E-state index in [-0.39, 0.29) is 12.1 Å². The molecule has 2 atom stereocenters. The quantitative estimate of drug-likeness (QED) is 0.893. The van der Waals surface area contributed by atoms with Gasteiger partial charge in [0.05, 0.1) is 6.07 Å². The molecule has 1 fully saturated rings. The van der Waals surface area contributed by atoms with Gasteiger partial charge in [0.25, 0.3) is 0 Å². The first-order chi connectivity index (χ1) is 9.36. The number of nitrogens with one attached hydrogen (secondary N) is 1. The molecular weight excluding hydrogens is 236 g/mol. The van der Waals surface area contributed by atoms with Gasteiger partial charge >= 0.3 is 0 Å². The van der Waals surface area contributed by atoms with Crippen LogP contribution in [-0.4, -0.2) is 23.4 Å². The number of aryl methyl sites for hydroxylation is 1. The van der Waals surface area contributed by atoms with Crippen molar-refractivity contribution in [3.63, 3.8) is 0 Å². The number of rotatable bonds is 3. The second kappa shape index (κ2) is 5.25. The topological polar surface area (TPSA) is 51.4 Å². The number of benzene rings is 1. The fraction of sp³-hybridized carbons (Fsp3) is 0.333. The van der Waals surface area contributed by atoms with E-state index < -0.39 is 0 Å². The van der Waals surface area contributed by atoms with Gasteiger partial charge in [-0.1, -0.05) is 30.3 Å². The van der Waals surface area contributed by atoms with E-state index in [0.29, 0.717) is 6.54 Å². The minimum atomic E-state index is -0.0586. The maximum atomic E-state index is 9.09. The Kier molecular flexibility index (Phi) is 3.30. The van der Waals surface area contributed by atoms with Crippen LogP contribution in [0.2, 0.25) is 0 Å². The molecule has 0 bridgehead atoms. The van der Waals surface area contributed by atoms with Crippen molar-refractivity contribution in [2.24, 2.45) is 10.9 Å². The fourth-order valence-corrected chi connectivity index (χ4v) is 2.45. The van der Waals surface area contributed by atoms with Crippen LogP contribution in [0.1, 0.15) is 12.0 Å². The maximum absolute atomic E-state index is 9.09. The molecule has 3 rings (SSSR count). The largest absolute Gasteiger partial charge is 0.290 e. The molecule has 0 aliphatic carbocycles. The van der Waals surface area contributed by atoms with Gasteiger partial charge in [-0.15, -0.1) is 0 Å². The van der Waals surface area contributed by atoms with Crippen LogP contribution >= 0.6 is 0 Å². The van der Waals surface area contributed by atoms with Crippen molar-refractivity contribution in [1.82, 2.24) is 10.4 Å². The van der Waals surface area contributed by atoms with E-state index in [1.54, 1.807) is 0 Å². The molecule has 19 heavy (non-hydrogen) atoms. The number of aliphatic imine (C=N–C) groups is 1. The predicted octanol–water partition coefficient (Wildman–Crippen LogP) is 1.87. The van der Waals surface area contributed by atoms with Crippen LogP contribution in [-0.2, 0) is 6.42 Å². The summed E-state index contributed by atoms with van der Waals surface area (Å²) in [6.07, 6.45) is 5.88. The van der Waals surface area contributed by atoms with Crippen molar-refractivity contribution in [1.29, 1.82) is 5.26 Å². The molecule has 2 heterocycles. The molecule has 4 nitrogen and oxygen atoms in total. The molecule has 0 radical (unpaired) electrons. The zero-order valence-electron chi connectivity index (χ0n) is 10.7. The number of hydrogen-bond acceptors (Lipinski definition) is 4. The highest BCUT2D eigenvalue weighted by Gasteiger charge is 2.33. The second-order valence-electron chi connectivity index (χ2n) is 4.84. The Labute approximate surface area is 113 Å². The molecule has 0 saturated carbocycles. The number of nitrogens with zero attached hydrogens (tertiary/aromatic N) is 3. The lowest BCUT2D eigenvalue weighted by molar-refractivity contribution is 0.268. The van der Waals surface area contributed by atoms with E-state index in [0.717, 1.165) is 18.6 Å². The monoisotopic (exact) mass is 252 g/mol. The van der Waals surface area contributed by atoms with Gasteiger partial charge in [0.2, 0.25) is 0 Å². The van der Waals surface area contributed by atoms with Crippen LogP contribution in [0, 0.1) is 17.2 Å². The van der Waals surface area contributed by atoms with Gasteiger partial charge in [0.1, 0.15) is 5.92 Å². The van der Waals surface area contributed by atoms with Gasteiger partial charge < -0.3 is 0 Å². The van der Waals surface area contributed by atoms with Crippen LogP contribution in [0.15, 0.2) is 47.6 Å². The lowest BCUT2D eigenvalue weighted by atomic mass is 10.1. The van der Waals surface area contributed by atoms with Crippen LogP contribution in [0.3, 0.4) is 0 Å². The lowest BCUT2D eigenvalue weighted by Gasteiger charge is -2.24. The van der Waals surface area contributed by atoms with Crippen molar-refractivity contribution in [2.75, 3.05) is 6.54 Å². The van der Waals surface area contributed by atoms with Gasteiger partial charge in [-0.25, -0.2) is 5.43 Å². The first-order valence-electron chi connectivity index (χ1n) is 6.57. The Balaban J connectivity index is 1.66. The molecule has 1 aromatic carbocycles. The minimum absolute atomic E-state index is 0.0548. The van der Waals surface area contributed by atoms with Gasteiger partial charge in [0, 0.05) is 18.5 Å². The third-order valence-corrected chi connectivity index (χ3v) is 3.54. The molecule has 1 N–H and O–H groups in total. The van der Waals surface area contributed by atoms with E-state index >= 15 is 0 Å². The smallest absolute Gasteiger partial charge is 0.152 e. The third kappa shape index (κ3) is 2.51. The van der Waals surface area contributed by atoms with E-state index in [2.05, 4.69) is 40.8 Å². The lowest BCUT2D eigenvalue weighted by Crippen LogP contribution is -2.35. The molecule has 4 heteroatoms. The molecule has 96 valence electrons. The second-order valence-corrected chi connectivity index (χ2v) is 4.84. The Morgan fingerprint density at radius 3 is 2.95 bits per heavy atom. The van der Waals surface area contributed by atoms with Crippen LogP contribution in [0.25, 0.3) is 0 Å². The van der Waals surface area contributed by atoms with Crippen molar-refractivity contribution < 1.29 is 0 Å². The first-order valence-corrected chi connectivity index (χ1v) is 6.57. The molecule has 0 amide bonds. The Bertz CT molecular complexity index is 541. The van der Waals surface area contributed by atoms with Crippen LogP contribution < -0.4 is 5.43 Å². The maximum Gasteiger partial charge on any atom is 0.152 e. The van der Waals surface area contributed by atoms with E-state index in [4.69, 9.17) is 5.26 Å². The number of fused-ring (bicyclic) bond motifs is 1. The summed E-state index contributed by atoms with van der Waals surface area (Å²) in [6, 6.07) is 12.7. The number of hydrazine groups is 1. The number of allylic oxidation sites excluding steroid dienone is 1. The van der Waals surface area contributed by atoms with Gasteiger partial charge in [0.15, 0.2) is 6.17 Å². The summed E-state index contributed by atoms with van der Waals surface area (Å²) in [7, 11) is 0. The van der Waals surface area contributed by atoms with Crippen LogP contribution in [0.4, 0.5) is 0 Å². The van der Waals surface area contributed by atoms with E-state index in [9.17, 15) is 0 Å². The summed E-state index contributed by atoms with van der Waals surface area (Å²) in [5.74, 6) is -0.0586. The molecule has 2 aliphatic heterocycles. The van der Waals surface area contributed by atoms with Gasteiger partial charge in [-0.3, -0.25) is 10.0 Å². The molecule has 2 aliphatic rings. The summed E-state index contributed by atoms with van der Waals surface area (Å²) in [6.45, 7) is 0.682. The average molecular weight is 252 g/mol. The predicted molar refractivity (Wildman–Crippen MR) is 74.1 cm³/mol. The molecular formula is C15H16N4. The van der Waals surface area contributed by atoms with Gasteiger partial charge in [-0.05, 0) is 24.5 Å². The zero-order chi connectivity index (χ0) is 13.1. The average Bonchev–Trinajstić information content (AvgIpc) is 2.88. The summed E-state index contributed by atoms with van der Waals surface area (Å²) in [4.78, 5) is 4.68. The highest BCUT2D eigenvalue weighted by atomic mass is 15.6. The van der Waals surface area contributed by atoms with E-state index in [1.165, 1.54) is 5.56 Å². The normalized spacial score (nSPS) is 24.8. The summed E-state index contributed by atoms with van der Waals surface area (Å²) >= 11 is 0. The zero-order valence-corrected chi connectivity index (χ0v) is 10.7. The number of nitriles is 1. The van der Waals surface area contributed by atoms with Gasteiger partial charge in [-0.2, -0.15) is 5.26 Å². The fourth-order valence-electron chi connectivity index (χ4n) is 2.45. The van der Waals surface area contributed by atoms with Crippen LogP contribution in [0.5, 0.6) is 0 Å². The molecule has 1 aromatic rings. The Morgan fingerprint density at radius 1 is 1.32 bits per heavy atom. The third-order valence-electron chi connectivity index (χ3n) is 3.54. The Hall–Kier alpha value is -2.12. The summed E-state index contributed by atoms with van der Waals surface area (Å²) in [5.41, 5.74) is 5.57. The van der Waals surface area contributed by atoms with Crippen molar-refractivity contribution in [3.8, 4) is 6.07 Å². The van der Waals surface area contributed by atoms with Crippen molar-refractivity contribution >= 4 is 5.71 Å². The molecule has 1 saturated heterocycles. The number of hydrogen-bond donors (Lipinski definition) is 1. The van der Waals surface area contributed by atoms with E-state index in [1.807, 2.05) is 23.4 Å².